The lowest BCUT2D eigenvalue weighted by Gasteiger charge is -2.31. The second kappa shape index (κ2) is 4.56. The van der Waals surface area contributed by atoms with E-state index in [-0.39, 0.29) is 24.8 Å². The zero-order chi connectivity index (χ0) is 10.8. The highest BCUT2D eigenvalue weighted by Gasteiger charge is 2.36. The molecule has 1 saturated carbocycles. The number of nitrogens with two attached hydrogens (primary N) is 1. The van der Waals surface area contributed by atoms with Gasteiger partial charge in [-0.25, -0.2) is 8.78 Å². The van der Waals surface area contributed by atoms with E-state index in [0.29, 0.717) is 12.3 Å². The van der Waals surface area contributed by atoms with Gasteiger partial charge >= 0.3 is 0 Å². The van der Waals surface area contributed by atoms with Crippen molar-refractivity contribution in [3.05, 3.63) is 0 Å². The van der Waals surface area contributed by atoms with E-state index >= 15 is 0 Å². The first-order valence-electron chi connectivity index (χ1n) is 5.54. The van der Waals surface area contributed by atoms with Crippen molar-refractivity contribution < 1.29 is 8.78 Å². The van der Waals surface area contributed by atoms with Gasteiger partial charge in [-0.2, -0.15) is 0 Å². The molecule has 0 heterocycles. The van der Waals surface area contributed by atoms with Gasteiger partial charge in [0, 0.05) is 18.9 Å². The smallest absolute Gasteiger partial charge is 0.248 e. The molecule has 3 heteroatoms. The van der Waals surface area contributed by atoms with Crippen molar-refractivity contribution >= 4 is 0 Å². The lowest BCUT2D eigenvalue weighted by atomic mass is 9.81. The number of rotatable bonds is 3. The van der Waals surface area contributed by atoms with Crippen LogP contribution < -0.4 is 5.73 Å². The maximum atomic E-state index is 13.1. The third kappa shape index (κ3) is 3.52. The monoisotopic (exact) mass is 205 g/mol. The molecule has 1 rings (SSSR count). The highest BCUT2D eigenvalue weighted by atomic mass is 19.3. The average molecular weight is 205 g/mol. The third-order valence-electron chi connectivity index (χ3n) is 3.20. The summed E-state index contributed by atoms with van der Waals surface area (Å²) in [6.45, 7) is 4.09. The molecule has 2 atom stereocenters. The van der Waals surface area contributed by atoms with E-state index in [1.807, 2.05) is 13.8 Å². The van der Waals surface area contributed by atoms with Crippen LogP contribution >= 0.6 is 0 Å². The van der Waals surface area contributed by atoms with Crippen LogP contribution in [-0.2, 0) is 0 Å². The minimum absolute atomic E-state index is 0.0490. The van der Waals surface area contributed by atoms with Gasteiger partial charge < -0.3 is 5.73 Å². The van der Waals surface area contributed by atoms with Gasteiger partial charge in [0.1, 0.15) is 0 Å². The van der Waals surface area contributed by atoms with E-state index in [1.54, 1.807) is 0 Å². The fraction of sp³-hybridized carbons (Fsp3) is 1.00. The Morgan fingerprint density at radius 3 is 2.57 bits per heavy atom. The Labute approximate surface area is 85.1 Å². The van der Waals surface area contributed by atoms with E-state index in [4.69, 9.17) is 5.73 Å². The Hall–Kier alpha value is -0.180. The molecular weight excluding hydrogens is 184 g/mol. The van der Waals surface area contributed by atoms with Crippen molar-refractivity contribution in [2.24, 2.45) is 17.6 Å². The normalized spacial score (nSPS) is 29.1. The van der Waals surface area contributed by atoms with Crippen LogP contribution in [0.25, 0.3) is 0 Å². The summed E-state index contributed by atoms with van der Waals surface area (Å²) in [7, 11) is 0. The Morgan fingerprint density at radius 1 is 1.43 bits per heavy atom. The number of alkyl halides is 2. The van der Waals surface area contributed by atoms with Crippen LogP contribution in [0.3, 0.4) is 0 Å². The highest BCUT2D eigenvalue weighted by Crippen LogP contribution is 2.38. The van der Waals surface area contributed by atoms with Crippen molar-refractivity contribution in [2.75, 3.05) is 0 Å². The van der Waals surface area contributed by atoms with Crippen LogP contribution in [0.2, 0.25) is 0 Å². The van der Waals surface area contributed by atoms with Gasteiger partial charge in [0.15, 0.2) is 0 Å². The SMILES string of the molecule is CC(C)C(N)CC1CCCC(F)(F)C1. The van der Waals surface area contributed by atoms with Crippen molar-refractivity contribution in [3.8, 4) is 0 Å². The Balaban J connectivity index is 2.38. The van der Waals surface area contributed by atoms with Crippen LogP contribution in [0.4, 0.5) is 8.78 Å². The second-order valence-electron chi connectivity index (χ2n) is 4.96. The van der Waals surface area contributed by atoms with Gasteiger partial charge in [-0.3, -0.25) is 0 Å². The summed E-state index contributed by atoms with van der Waals surface area (Å²) in [5, 5.41) is 0. The third-order valence-corrected chi connectivity index (χ3v) is 3.20. The van der Waals surface area contributed by atoms with Gasteiger partial charge in [0.05, 0.1) is 0 Å². The zero-order valence-corrected chi connectivity index (χ0v) is 9.10. The van der Waals surface area contributed by atoms with E-state index in [1.165, 1.54) is 0 Å². The summed E-state index contributed by atoms with van der Waals surface area (Å²) in [6, 6.07) is 0.0777. The topological polar surface area (TPSA) is 26.0 Å². The van der Waals surface area contributed by atoms with Crippen molar-refractivity contribution in [1.82, 2.24) is 0 Å². The summed E-state index contributed by atoms with van der Waals surface area (Å²) in [4.78, 5) is 0. The predicted octanol–water partition coefficient (Wildman–Crippen LogP) is 3.19. The van der Waals surface area contributed by atoms with Gasteiger partial charge in [0.25, 0.3) is 0 Å². The molecule has 0 radical (unpaired) electrons. The fourth-order valence-corrected chi connectivity index (χ4v) is 2.13. The summed E-state index contributed by atoms with van der Waals surface area (Å²) >= 11 is 0. The van der Waals surface area contributed by atoms with Gasteiger partial charge in [-0.15, -0.1) is 0 Å². The standard InChI is InChI=1S/C11H21F2N/c1-8(2)10(14)6-9-4-3-5-11(12,13)7-9/h8-10H,3-7,14H2,1-2H3. The maximum Gasteiger partial charge on any atom is 0.248 e. The molecule has 0 aromatic heterocycles. The molecule has 0 aromatic carbocycles. The molecule has 1 fully saturated rings. The molecule has 0 amide bonds. The van der Waals surface area contributed by atoms with Crippen LogP contribution in [-0.4, -0.2) is 12.0 Å². The molecular formula is C11H21F2N. The summed E-state index contributed by atoms with van der Waals surface area (Å²) < 4.78 is 26.1. The molecule has 2 N–H and O–H groups in total. The number of hydrogen-bond donors (Lipinski definition) is 1. The van der Waals surface area contributed by atoms with Crippen LogP contribution in [0.1, 0.15) is 46.0 Å². The second-order valence-corrected chi connectivity index (χ2v) is 4.96. The van der Waals surface area contributed by atoms with Crippen LogP contribution in [0, 0.1) is 11.8 Å². The Morgan fingerprint density at radius 2 is 2.07 bits per heavy atom. The van der Waals surface area contributed by atoms with E-state index in [9.17, 15) is 8.78 Å². The number of halogens is 2. The Kier molecular flexibility index (Phi) is 3.87. The molecule has 0 aliphatic heterocycles. The molecule has 0 bridgehead atoms. The largest absolute Gasteiger partial charge is 0.327 e. The first kappa shape index (κ1) is 11.9. The molecule has 1 aliphatic carbocycles. The lowest BCUT2D eigenvalue weighted by molar-refractivity contribution is -0.0548. The van der Waals surface area contributed by atoms with Crippen LogP contribution in [0.15, 0.2) is 0 Å². The van der Waals surface area contributed by atoms with Gasteiger partial charge in [-0.1, -0.05) is 13.8 Å². The maximum absolute atomic E-state index is 13.1. The summed E-state index contributed by atoms with van der Waals surface area (Å²) in [6.07, 6.45) is 2.46. The molecule has 14 heavy (non-hydrogen) atoms. The highest BCUT2D eigenvalue weighted by molar-refractivity contribution is 4.81. The molecule has 1 aliphatic rings. The van der Waals surface area contributed by atoms with Gasteiger partial charge in [0.2, 0.25) is 5.92 Å². The minimum Gasteiger partial charge on any atom is -0.327 e. The summed E-state index contributed by atoms with van der Waals surface area (Å²) in [5.74, 6) is -1.90. The zero-order valence-electron chi connectivity index (χ0n) is 9.10. The molecule has 2 unspecified atom stereocenters. The lowest BCUT2D eigenvalue weighted by Crippen LogP contribution is -2.33. The number of hydrogen-bond acceptors (Lipinski definition) is 1. The molecule has 0 saturated heterocycles. The van der Waals surface area contributed by atoms with Crippen molar-refractivity contribution in [1.29, 1.82) is 0 Å². The van der Waals surface area contributed by atoms with E-state index in [0.717, 1.165) is 12.8 Å². The minimum atomic E-state index is -2.43. The van der Waals surface area contributed by atoms with E-state index < -0.39 is 5.92 Å². The molecule has 0 aromatic rings. The molecule has 0 spiro atoms. The Bertz CT molecular complexity index is 180. The van der Waals surface area contributed by atoms with Crippen LogP contribution in [0.5, 0.6) is 0 Å². The van der Waals surface area contributed by atoms with E-state index in [2.05, 4.69) is 0 Å². The quantitative estimate of drug-likeness (QED) is 0.752. The van der Waals surface area contributed by atoms with Crippen molar-refractivity contribution in [3.63, 3.8) is 0 Å². The van der Waals surface area contributed by atoms with Gasteiger partial charge in [-0.05, 0) is 31.1 Å². The predicted molar refractivity (Wildman–Crippen MR) is 54.3 cm³/mol. The van der Waals surface area contributed by atoms with Crippen molar-refractivity contribution in [2.45, 2.75) is 57.9 Å². The fourth-order valence-electron chi connectivity index (χ4n) is 2.13. The first-order valence-corrected chi connectivity index (χ1v) is 5.54. The molecule has 84 valence electrons. The first-order chi connectivity index (χ1) is 6.41. The summed E-state index contributed by atoms with van der Waals surface area (Å²) in [5.41, 5.74) is 5.89. The molecule has 1 nitrogen and oxygen atoms in total. The average Bonchev–Trinajstić information content (AvgIpc) is 2.01.